The summed E-state index contributed by atoms with van der Waals surface area (Å²) in [5.41, 5.74) is -0.762. The average molecular weight is 296 g/mol. The van der Waals surface area contributed by atoms with E-state index in [1.54, 1.807) is 0 Å². The second-order valence-electron chi connectivity index (χ2n) is 6.61. The monoisotopic (exact) mass is 296 g/mol. The van der Waals surface area contributed by atoms with Crippen LogP contribution in [0.5, 0.6) is 0 Å². The first kappa shape index (κ1) is 16.3. The van der Waals surface area contributed by atoms with E-state index in [9.17, 15) is 14.7 Å². The standard InChI is InChI=1S/C16H28N2O3/c19-14(11-17-15(20)13-7-3-4-8-13)18-12-16(21)9-5-1-2-6-10-16/h13,21H,1-12H2,(H,17,20)(H,18,19). The van der Waals surface area contributed by atoms with Crippen molar-refractivity contribution < 1.29 is 14.7 Å². The second kappa shape index (κ2) is 7.78. The summed E-state index contributed by atoms with van der Waals surface area (Å²) in [5, 5.41) is 15.9. The zero-order valence-corrected chi connectivity index (χ0v) is 12.8. The molecule has 120 valence electrons. The predicted octanol–water partition coefficient (Wildman–Crippen LogP) is 1.49. The van der Waals surface area contributed by atoms with Crippen molar-refractivity contribution in [3.05, 3.63) is 0 Å². The van der Waals surface area contributed by atoms with Gasteiger partial charge in [-0.2, -0.15) is 0 Å². The van der Waals surface area contributed by atoms with E-state index in [1.807, 2.05) is 0 Å². The molecule has 2 fully saturated rings. The van der Waals surface area contributed by atoms with E-state index >= 15 is 0 Å². The highest BCUT2D eigenvalue weighted by Crippen LogP contribution is 2.26. The lowest BCUT2D eigenvalue weighted by molar-refractivity contribution is -0.128. The van der Waals surface area contributed by atoms with E-state index in [0.717, 1.165) is 64.2 Å². The highest BCUT2D eigenvalue weighted by Gasteiger charge is 2.28. The van der Waals surface area contributed by atoms with Crippen LogP contribution in [-0.4, -0.2) is 35.6 Å². The molecule has 2 rings (SSSR count). The third-order valence-corrected chi connectivity index (χ3v) is 4.80. The van der Waals surface area contributed by atoms with Crippen LogP contribution < -0.4 is 10.6 Å². The second-order valence-corrected chi connectivity index (χ2v) is 6.61. The van der Waals surface area contributed by atoms with Gasteiger partial charge in [0.15, 0.2) is 0 Å². The highest BCUT2D eigenvalue weighted by molar-refractivity contribution is 5.85. The lowest BCUT2D eigenvalue weighted by atomic mass is 9.94. The van der Waals surface area contributed by atoms with E-state index in [4.69, 9.17) is 0 Å². The largest absolute Gasteiger partial charge is 0.388 e. The molecule has 0 spiro atoms. The Labute approximate surface area is 126 Å². The van der Waals surface area contributed by atoms with Gasteiger partial charge in [0.2, 0.25) is 11.8 Å². The van der Waals surface area contributed by atoms with Gasteiger partial charge in [-0.25, -0.2) is 0 Å². The van der Waals surface area contributed by atoms with Crippen LogP contribution in [0.3, 0.4) is 0 Å². The van der Waals surface area contributed by atoms with Crippen LogP contribution in [-0.2, 0) is 9.59 Å². The normalized spacial score (nSPS) is 22.5. The van der Waals surface area contributed by atoms with Gasteiger partial charge in [-0.05, 0) is 25.7 Å². The molecule has 5 nitrogen and oxygen atoms in total. The van der Waals surface area contributed by atoms with Gasteiger partial charge in [-0.15, -0.1) is 0 Å². The van der Waals surface area contributed by atoms with Crippen molar-refractivity contribution in [1.82, 2.24) is 10.6 Å². The minimum atomic E-state index is -0.762. The maximum absolute atomic E-state index is 11.8. The maximum atomic E-state index is 11.8. The first-order valence-electron chi connectivity index (χ1n) is 8.36. The molecular formula is C16H28N2O3. The summed E-state index contributed by atoms with van der Waals surface area (Å²) in [6.07, 6.45) is 9.95. The number of hydrogen-bond acceptors (Lipinski definition) is 3. The topological polar surface area (TPSA) is 78.4 Å². The summed E-state index contributed by atoms with van der Waals surface area (Å²) in [6.45, 7) is 0.316. The van der Waals surface area contributed by atoms with Crippen LogP contribution >= 0.6 is 0 Å². The fourth-order valence-electron chi connectivity index (χ4n) is 3.39. The predicted molar refractivity (Wildman–Crippen MR) is 80.6 cm³/mol. The van der Waals surface area contributed by atoms with Gasteiger partial charge in [-0.1, -0.05) is 38.5 Å². The molecule has 0 heterocycles. The Hall–Kier alpha value is -1.10. The Morgan fingerprint density at radius 1 is 0.952 bits per heavy atom. The van der Waals surface area contributed by atoms with Gasteiger partial charge >= 0.3 is 0 Å². The van der Waals surface area contributed by atoms with E-state index in [2.05, 4.69) is 10.6 Å². The molecule has 2 amide bonds. The summed E-state index contributed by atoms with van der Waals surface area (Å²) in [6, 6.07) is 0. The molecule has 0 bridgehead atoms. The van der Waals surface area contributed by atoms with Crippen LogP contribution in [0.2, 0.25) is 0 Å². The van der Waals surface area contributed by atoms with Crippen LogP contribution in [0.25, 0.3) is 0 Å². The van der Waals surface area contributed by atoms with Crippen molar-refractivity contribution in [2.75, 3.05) is 13.1 Å². The number of carbonyl (C=O) groups excluding carboxylic acids is 2. The van der Waals surface area contributed by atoms with E-state index in [1.165, 1.54) is 0 Å². The van der Waals surface area contributed by atoms with Crippen LogP contribution in [0, 0.1) is 5.92 Å². The Morgan fingerprint density at radius 2 is 1.57 bits per heavy atom. The van der Waals surface area contributed by atoms with Gasteiger partial charge in [0.25, 0.3) is 0 Å². The lowest BCUT2D eigenvalue weighted by Gasteiger charge is -2.26. The van der Waals surface area contributed by atoms with Crippen molar-refractivity contribution in [3.8, 4) is 0 Å². The molecule has 21 heavy (non-hydrogen) atoms. The Morgan fingerprint density at radius 3 is 2.19 bits per heavy atom. The van der Waals surface area contributed by atoms with Crippen LogP contribution in [0.4, 0.5) is 0 Å². The third-order valence-electron chi connectivity index (χ3n) is 4.80. The summed E-state index contributed by atoms with van der Waals surface area (Å²) in [5.74, 6) is -0.126. The number of aliphatic hydroxyl groups is 1. The molecule has 2 saturated carbocycles. The zero-order valence-electron chi connectivity index (χ0n) is 12.8. The average Bonchev–Trinajstić information content (AvgIpc) is 2.92. The highest BCUT2D eigenvalue weighted by atomic mass is 16.3. The first-order chi connectivity index (χ1) is 10.1. The summed E-state index contributed by atoms with van der Waals surface area (Å²) in [4.78, 5) is 23.6. The first-order valence-corrected chi connectivity index (χ1v) is 8.36. The van der Waals surface area contributed by atoms with Crippen molar-refractivity contribution >= 4 is 11.8 Å². The summed E-state index contributed by atoms with van der Waals surface area (Å²) in [7, 11) is 0. The van der Waals surface area contributed by atoms with Gasteiger partial charge in [0.05, 0.1) is 12.1 Å². The van der Waals surface area contributed by atoms with Gasteiger partial charge < -0.3 is 15.7 Å². The lowest BCUT2D eigenvalue weighted by Crippen LogP contribution is -2.46. The summed E-state index contributed by atoms with van der Waals surface area (Å²) < 4.78 is 0. The number of hydrogen-bond donors (Lipinski definition) is 3. The molecule has 0 unspecified atom stereocenters. The van der Waals surface area contributed by atoms with Crippen molar-refractivity contribution in [2.24, 2.45) is 5.92 Å². The number of carbonyl (C=O) groups is 2. The molecule has 2 aliphatic carbocycles. The molecule has 0 aliphatic heterocycles. The van der Waals surface area contributed by atoms with E-state index < -0.39 is 5.60 Å². The van der Waals surface area contributed by atoms with E-state index in [0.29, 0.717) is 6.54 Å². The van der Waals surface area contributed by atoms with Crippen LogP contribution in [0.1, 0.15) is 64.2 Å². The summed E-state index contributed by atoms with van der Waals surface area (Å²) >= 11 is 0. The molecule has 0 radical (unpaired) electrons. The molecule has 5 heteroatoms. The van der Waals surface area contributed by atoms with Gasteiger partial charge in [0.1, 0.15) is 0 Å². The van der Waals surface area contributed by atoms with Crippen molar-refractivity contribution in [1.29, 1.82) is 0 Å². The van der Waals surface area contributed by atoms with Gasteiger partial charge in [-0.3, -0.25) is 9.59 Å². The SMILES string of the molecule is O=C(CNC(=O)C1CCCC1)NCC1(O)CCCCCC1. The fourth-order valence-corrected chi connectivity index (χ4v) is 3.39. The molecule has 0 aromatic rings. The smallest absolute Gasteiger partial charge is 0.239 e. The molecule has 0 aromatic heterocycles. The van der Waals surface area contributed by atoms with E-state index in [-0.39, 0.29) is 24.3 Å². The van der Waals surface area contributed by atoms with Crippen molar-refractivity contribution in [2.45, 2.75) is 69.8 Å². The van der Waals surface area contributed by atoms with Crippen molar-refractivity contribution in [3.63, 3.8) is 0 Å². The molecule has 3 N–H and O–H groups in total. The minimum Gasteiger partial charge on any atom is -0.388 e. The molecule has 0 saturated heterocycles. The quantitative estimate of drug-likeness (QED) is 0.673. The molecule has 0 aromatic carbocycles. The number of nitrogens with one attached hydrogen (secondary N) is 2. The Balaban J connectivity index is 1.65. The number of rotatable bonds is 5. The Bertz CT molecular complexity index is 357. The van der Waals surface area contributed by atoms with Gasteiger partial charge in [0, 0.05) is 12.5 Å². The molecule has 2 aliphatic rings. The minimum absolute atomic E-state index is 0.00386. The fraction of sp³-hybridized carbons (Fsp3) is 0.875. The van der Waals surface area contributed by atoms with Crippen LogP contribution in [0.15, 0.2) is 0 Å². The molecule has 0 atom stereocenters. The Kier molecular flexibility index (Phi) is 6.03. The maximum Gasteiger partial charge on any atom is 0.239 e. The molecular weight excluding hydrogens is 268 g/mol. The number of amides is 2. The third kappa shape index (κ3) is 5.30. The zero-order chi connectivity index (χ0) is 15.1.